The molecule has 4 rings (SSSR count). The summed E-state index contributed by atoms with van der Waals surface area (Å²) in [5, 5.41) is 8.57. The molecule has 0 radical (unpaired) electrons. The highest BCUT2D eigenvalue weighted by molar-refractivity contribution is 5.32. The van der Waals surface area contributed by atoms with Gasteiger partial charge in [0.05, 0.1) is 19.1 Å². The Bertz CT molecular complexity index is 874. The van der Waals surface area contributed by atoms with Crippen LogP contribution in [0.25, 0.3) is 0 Å². The molecule has 130 valence electrons. The summed E-state index contributed by atoms with van der Waals surface area (Å²) in [7, 11) is 0. The highest BCUT2D eigenvalue weighted by atomic mass is 15.4. The molecule has 0 amide bonds. The van der Waals surface area contributed by atoms with E-state index in [4.69, 9.17) is 0 Å². The maximum Gasteiger partial charge on any atom is 0.102 e. The van der Waals surface area contributed by atoms with Crippen molar-refractivity contribution in [2.45, 2.75) is 25.4 Å². The van der Waals surface area contributed by atoms with E-state index in [9.17, 15) is 0 Å². The minimum Gasteiger partial charge on any atom is -0.331 e. The third-order valence-electron chi connectivity index (χ3n) is 4.54. The lowest BCUT2D eigenvalue weighted by molar-refractivity contribution is 0.532. The zero-order chi connectivity index (χ0) is 17.6. The van der Waals surface area contributed by atoms with E-state index in [1.165, 1.54) is 11.1 Å². The number of imidazole rings is 1. The molecule has 0 N–H and O–H groups in total. The van der Waals surface area contributed by atoms with E-state index in [0.717, 1.165) is 18.7 Å². The second-order valence-corrected chi connectivity index (χ2v) is 6.37. The van der Waals surface area contributed by atoms with Crippen LogP contribution in [0.1, 0.15) is 29.2 Å². The SMILES string of the molecule is c1ccc(C(CCn2cc(Cn3ccnc3)nn2)c2ccccc2)cc1. The number of hydrogen-bond donors (Lipinski definition) is 0. The molecule has 2 aromatic carbocycles. The van der Waals surface area contributed by atoms with Gasteiger partial charge in [0.2, 0.25) is 0 Å². The van der Waals surface area contributed by atoms with Gasteiger partial charge in [-0.3, -0.25) is 4.68 Å². The maximum absolute atomic E-state index is 4.29. The van der Waals surface area contributed by atoms with Crippen LogP contribution in [0.5, 0.6) is 0 Å². The van der Waals surface area contributed by atoms with Crippen LogP contribution in [0, 0.1) is 0 Å². The third kappa shape index (κ3) is 3.88. The Hall–Kier alpha value is -3.21. The molecule has 0 fully saturated rings. The van der Waals surface area contributed by atoms with Gasteiger partial charge in [-0.15, -0.1) is 5.10 Å². The van der Waals surface area contributed by atoms with Crippen LogP contribution in [0.4, 0.5) is 0 Å². The lowest BCUT2D eigenvalue weighted by Gasteiger charge is -2.18. The molecule has 5 nitrogen and oxygen atoms in total. The summed E-state index contributed by atoms with van der Waals surface area (Å²) in [6.45, 7) is 1.52. The highest BCUT2D eigenvalue weighted by Crippen LogP contribution is 2.28. The van der Waals surface area contributed by atoms with Crippen LogP contribution in [0.15, 0.2) is 85.6 Å². The van der Waals surface area contributed by atoms with Crippen molar-refractivity contribution in [2.24, 2.45) is 0 Å². The van der Waals surface area contributed by atoms with Gasteiger partial charge in [0.25, 0.3) is 0 Å². The quantitative estimate of drug-likeness (QED) is 0.513. The minimum atomic E-state index is 0.346. The average Bonchev–Trinajstić information content (AvgIpc) is 3.36. The first-order chi connectivity index (χ1) is 12.9. The van der Waals surface area contributed by atoms with Crippen LogP contribution in [-0.2, 0) is 13.1 Å². The van der Waals surface area contributed by atoms with E-state index in [1.54, 1.807) is 12.5 Å². The van der Waals surface area contributed by atoms with Crippen molar-refractivity contribution in [1.82, 2.24) is 24.5 Å². The van der Waals surface area contributed by atoms with Crippen molar-refractivity contribution in [3.63, 3.8) is 0 Å². The molecule has 26 heavy (non-hydrogen) atoms. The number of benzene rings is 2. The van der Waals surface area contributed by atoms with Gasteiger partial charge in [0.1, 0.15) is 5.69 Å². The molecule has 0 atom stereocenters. The number of hydrogen-bond acceptors (Lipinski definition) is 3. The van der Waals surface area contributed by atoms with Crippen LogP contribution in [-0.4, -0.2) is 24.5 Å². The van der Waals surface area contributed by atoms with Gasteiger partial charge in [0.15, 0.2) is 0 Å². The molecule has 4 aromatic rings. The van der Waals surface area contributed by atoms with E-state index in [-0.39, 0.29) is 0 Å². The summed E-state index contributed by atoms with van der Waals surface area (Å²) in [5.74, 6) is 0.346. The van der Waals surface area contributed by atoms with Crippen molar-refractivity contribution >= 4 is 0 Å². The molecule has 0 unspecified atom stereocenters. The summed E-state index contributed by atoms with van der Waals surface area (Å²) in [6.07, 6.45) is 8.49. The lowest BCUT2D eigenvalue weighted by atomic mass is 9.88. The van der Waals surface area contributed by atoms with Gasteiger partial charge in [-0.25, -0.2) is 4.98 Å². The molecule has 0 bridgehead atoms. The Labute approximate surface area is 152 Å². The normalized spacial score (nSPS) is 11.1. The summed E-state index contributed by atoms with van der Waals surface area (Å²) in [6, 6.07) is 21.3. The number of aromatic nitrogens is 5. The molecule has 0 aliphatic carbocycles. The highest BCUT2D eigenvalue weighted by Gasteiger charge is 2.14. The topological polar surface area (TPSA) is 48.5 Å². The van der Waals surface area contributed by atoms with Crippen LogP contribution in [0.3, 0.4) is 0 Å². The van der Waals surface area contributed by atoms with Gasteiger partial charge in [0, 0.05) is 24.9 Å². The molecule has 0 saturated carbocycles. The van der Waals surface area contributed by atoms with Crippen LogP contribution in [0.2, 0.25) is 0 Å². The van der Waals surface area contributed by atoms with Gasteiger partial charge < -0.3 is 4.57 Å². The van der Waals surface area contributed by atoms with Crippen LogP contribution >= 0.6 is 0 Å². The van der Waals surface area contributed by atoms with Gasteiger partial charge in [-0.1, -0.05) is 65.9 Å². The monoisotopic (exact) mass is 343 g/mol. The fourth-order valence-corrected chi connectivity index (χ4v) is 3.25. The summed E-state index contributed by atoms with van der Waals surface area (Å²) in [5.41, 5.74) is 3.61. The predicted octanol–water partition coefficient (Wildman–Crippen LogP) is 3.75. The summed E-state index contributed by atoms with van der Waals surface area (Å²) < 4.78 is 3.93. The van der Waals surface area contributed by atoms with Crippen molar-refractivity contribution in [3.8, 4) is 0 Å². The fraction of sp³-hybridized carbons (Fsp3) is 0.190. The second kappa shape index (κ2) is 7.78. The zero-order valence-electron chi connectivity index (χ0n) is 14.5. The fourth-order valence-electron chi connectivity index (χ4n) is 3.25. The number of aryl methyl sites for hydroxylation is 1. The van der Waals surface area contributed by atoms with Crippen molar-refractivity contribution in [3.05, 3.63) is 102 Å². The van der Waals surface area contributed by atoms with Crippen molar-refractivity contribution in [1.29, 1.82) is 0 Å². The van der Waals surface area contributed by atoms with E-state index in [1.807, 2.05) is 21.6 Å². The molecule has 2 aromatic heterocycles. The molecule has 0 spiro atoms. The average molecular weight is 343 g/mol. The minimum absolute atomic E-state index is 0.346. The zero-order valence-corrected chi connectivity index (χ0v) is 14.5. The van der Waals surface area contributed by atoms with E-state index >= 15 is 0 Å². The van der Waals surface area contributed by atoms with Crippen LogP contribution < -0.4 is 0 Å². The first-order valence-corrected chi connectivity index (χ1v) is 8.83. The Morgan fingerprint density at radius 3 is 2.19 bits per heavy atom. The Balaban J connectivity index is 1.48. The largest absolute Gasteiger partial charge is 0.331 e. The molecular formula is C21H21N5. The number of rotatable bonds is 7. The lowest BCUT2D eigenvalue weighted by Crippen LogP contribution is -2.07. The van der Waals surface area contributed by atoms with Crippen molar-refractivity contribution in [2.75, 3.05) is 0 Å². The van der Waals surface area contributed by atoms with E-state index < -0.39 is 0 Å². The molecule has 0 aliphatic heterocycles. The molecule has 0 aliphatic rings. The Morgan fingerprint density at radius 1 is 0.885 bits per heavy atom. The van der Waals surface area contributed by atoms with Gasteiger partial charge in [-0.2, -0.15) is 0 Å². The van der Waals surface area contributed by atoms with Gasteiger partial charge in [-0.05, 0) is 17.5 Å². The Kier molecular flexibility index (Phi) is 4.87. The predicted molar refractivity (Wildman–Crippen MR) is 101 cm³/mol. The molecule has 2 heterocycles. The number of nitrogens with zero attached hydrogens (tertiary/aromatic N) is 5. The molecule has 0 saturated heterocycles. The first-order valence-electron chi connectivity index (χ1n) is 8.83. The smallest absolute Gasteiger partial charge is 0.102 e. The van der Waals surface area contributed by atoms with E-state index in [0.29, 0.717) is 12.5 Å². The second-order valence-electron chi connectivity index (χ2n) is 6.37. The molecular weight excluding hydrogens is 322 g/mol. The third-order valence-corrected chi connectivity index (χ3v) is 4.54. The maximum atomic E-state index is 4.29. The van der Waals surface area contributed by atoms with E-state index in [2.05, 4.69) is 76.0 Å². The molecule has 5 heteroatoms. The Morgan fingerprint density at radius 2 is 1.58 bits per heavy atom. The van der Waals surface area contributed by atoms with Gasteiger partial charge >= 0.3 is 0 Å². The first kappa shape index (κ1) is 16.3. The summed E-state index contributed by atoms with van der Waals surface area (Å²) in [4.78, 5) is 4.06. The van der Waals surface area contributed by atoms with Crippen molar-refractivity contribution < 1.29 is 0 Å². The standard InChI is InChI=1S/C21H21N5/c1-3-7-18(8-4-1)21(19-9-5-2-6-10-19)11-13-26-16-20(23-24-26)15-25-14-12-22-17-25/h1-10,12,14,16-17,21H,11,13,15H2. The summed E-state index contributed by atoms with van der Waals surface area (Å²) >= 11 is 0.